The number of likely N-dealkylation sites (N-methyl/N-ethyl adjacent to an activating group) is 1. The summed E-state index contributed by atoms with van der Waals surface area (Å²) < 4.78 is 5.76. The highest BCUT2D eigenvalue weighted by Gasteiger charge is 2.10. The number of ether oxygens (including phenoxy) is 1. The molecule has 1 aromatic heterocycles. The van der Waals surface area contributed by atoms with Gasteiger partial charge in [-0.25, -0.2) is 0 Å². The average Bonchev–Trinajstić information content (AvgIpc) is 2.79. The van der Waals surface area contributed by atoms with Crippen molar-refractivity contribution in [3.05, 3.63) is 95.3 Å². The van der Waals surface area contributed by atoms with Gasteiger partial charge in [-0.1, -0.05) is 55.5 Å². The first-order valence-electron chi connectivity index (χ1n) is 10.9. The largest absolute Gasteiger partial charge is 0.491 e. The summed E-state index contributed by atoms with van der Waals surface area (Å²) in [6.45, 7) is 5.28. The fourth-order valence-electron chi connectivity index (χ4n) is 3.37. The highest BCUT2D eigenvalue weighted by molar-refractivity contribution is 5.27. The first kappa shape index (κ1) is 22.9. The van der Waals surface area contributed by atoms with Gasteiger partial charge in [-0.3, -0.25) is 9.88 Å². The minimum absolute atomic E-state index is 0.274. The van der Waals surface area contributed by atoms with E-state index in [1.54, 1.807) is 0 Å². The quantitative estimate of drug-likeness (QED) is 0.468. The maximum Gasteiger partial charge on any atom is 0.119 e. The summed E-state index contributed by atoms with van der Waals surface area (Å²) in [6.07, 6.45) is 2.41. The van der Waals surface area contributed by atoms with Crippen molar-refractivity contribution in [1.82, 2.24) is 15.2 Å². The van der Waals surface area contributed by atoms with Crippen LogP contribution in [0.25, 0.3) is 0 Å². The number of hydrogen-bond donors (Lipinski definition) is 2. The second-order valence-electron chi connectivity index (χ2n) is 7.91. The molecule has 0 bridgehead atoms. The van der Waals surface area contributed by atoms with Crippen LogP contribution >= 0.6 is 0 Å². The molecule has 3 aromatic rings. The summed E-state index contributed by atoms with van der Waals surface area (Å²) in [5.41, 5.74) is 4.72. The van der Waals surface area contributed by atoms with E-state index in [4.69, 9.17) is 4.74 Å². The number of nitrogens with zero attached hydrogens (tertiary/aromatic N) is 2. The number of hydrogen-bond acceptors (Lipinski definition) is 5. The molecule has 0 aliphatic rings. The second-order valence-corrected chi connectivity index (χ2v) is 7.91. The molecule has 0 saturated heterocycles. The second kappa shape index (κ2) is 12.2. The molecule has 0 aliphatic carbocycles. The normalized spacial score (nSPS) is 12.1. The Bertz CT molecular complexity index is 883. The van der Waals surface area contributed by atoms with E-state index in [0.717, 1.165) is 37.5 Å². The predicted octanol–water partition coefficient (Wildman–Crippen LogP) is 3.81. The van der Waals surface area contributed by atoms with E-state index >= 15 is 0 Å². The van der Waals surface area contributed by atoms with Crippen LogP contribution < -0.4 is 10.1 Å². The number of aliphatic hydroxyl groups excluding tert-OH is 1. The number of aliphatic hydroxyl groups is 1. The Balaban J connectivity index is 1.35. The smallest absolute Gasteiger partial charge is 0.119 e. The highest BCUT2D eigenvalue weighted by Crippen LogP contribution is 2.13. The van der Waals surface area contributed by atoms with Crippen molar-refractivity contribution in [3.63, 3.8) is 0 Å². The van der Waals surface area contributed by atoms with Crippen LogP contribution in [0.5, 0.6) is 5.75 Å². The molecule has 2 aromatic carbocycles. The van der Waals surface area contributed by atoms with Crippen molar-refractivity contribution in [3.8, 4) is 5.75 Å². The lowest BCUT2D eigenvalue weighted by molar-refractivity contribution is 0.0744. The topological polar surface area (TPSA) is 57.6 Å². The molecular formula is C26H33N3O2. The van der Waals surface area contributed by atoms with Gasteiger partial charge in [0, 0.05) is 32.4 Å². The van der Waals surface area contributed by atoms with Gasteiger partial charge in [-0.15, -0.1) is 0 Å². The van der Waals surface area contributed by atoms with Gasteiger partial charge in [0.15, 0.2) is 0 Å². The number of pyridine rings is 1. The van der Waals surface area contributed by atoms with Crippen molar-refractivity contribution in [2.24, 2.45) is 0 Å². The molecule has 5 heteroatoms. The summed E-state index contributed by atoms with van der Waals surface area (Å²) in [5, 5.41) is 13.7. The van der Waals surface area contributed by atoms with E-state index in [-0.39, 0.29) is 6.61 Å². The third-order valence-corrected chi connectivity index (χ3v) is 5.11. The van der Waals surface area contributed by atoms with Crippen LogP contribution in [0, 0.1) is 0 Å². The molecule has 0 unspecified atom stereocenters. The van der Waals surface area contributed by atoms with E-state index in [9.17, 15) is 5.11 Å². The molecule has 0 saturated carbocycles. The van der Waals surface area contributed by atoms with Crippen molar-refractivity contribution < 1.29 is 9.84 Å². The van der Waals surface area contributed by atoms with Crippen molar-refractivity contribution in [2.75, 3.05) is 20.2 Å². The zero-order valence-electron chi connectivity index (χ0n) is 18.5. The monoisotopic (exact) mass is 419 g/mol. The molecule has 31 heavy (non-hydrogen) atoms. The third-order valence-electron chi connectivity index (χ3n) is 5.11. The number of rotatable bonds is 12. The molecule has 1 atom stereocenters. The first-order chi connectivity index (χ1) is 15.1. The lowest BCUT2D eigenvalue weighted by Gasteiger charge is -2.21. The Labute approximate surface area is 185 Å². The third kappa shape index (κ3) is 8.13. The lowest BCUT2D eigenvalue weighted by atomic mass is 10.2. The molecule has 3 rings (SSSR count). The molecule has 0 spiro atoms. The van der Waals surface area contributed by atoms with E-state index in [0.29, 0.717) is 6.54 Å². The molecule has 5 nitrogen and oxygen atoms in total. The zero-order chi connectivity index (χ0) is 21.9. The van der Waals surface area contributed by atoms with Gasteiger partial charge in [-0.05, 0) is 48.4 Å². The summed E-state index contributed by atoms with van der Waals surface area (Å²) in [4.78, 5) is 6.57. The van der Waals surface area contributed by atoms with Crippen LogP contribution in [0.4, 0.5) is 0 Å². The first-order valence-corrected chi connectivity index (χ1v) is 10.9. The molecule has 0 fully saturated rings. The van der Waals surface area contributed by atoms with E-state index in [1.165, 1.54) is 16.7 Å². The van der Waals surface area contributed by atoms with Gasteiger partial charge in [-0.2, -0.15) is 0 Å². The van der Waals surface area contributed by atoms with Crippen molar-refractivity contribution >= 4 is 0 Å². The molecule has 0 aliphatic heterocycles. The fourth-order valence-corrected chi connectivity index (χ4v) is 3.37. The van der Waals surface area contributed by atoms with Crippen molar-refractivity contribution in [2.45, 2.75) is 39.1 Å². The summed E-state index contributed by atoms with van der Waals surface area (Å²) in [7, 11) is 2.01. The van der Waals surface area contributed by atoms with E-state index in [1.807, 2.05) is 55.7 Å². The molecule has 1 heterocycles. The Morgan fingerprint density at radius 1 is 0.935 bits per heavy atom. The highest BCUT2D eigenvalue weighted by atomic mass is 16.5. The minimum atomic E-state index is -0.540. The Morgan fingerprint density at radius 2 is 1.68 bits per heavy atom. The predicted molar refractivity (Wildman–Crippen MR) is 125 cm³/mol. The molecular weight excluding hydrogens is 386 g/mol. The molecule has 164 valence electrons. The SMILES string of the molecule is CCc1ccc(CNCc2ccc(OC[C@@H](O)CN(C)Cc3ccccc3)cc2)nc1. The van der Waals surface area contributed by atoms with Crippen molar-refractivity contribution in [1.29, 1.82) is 0 Å². The van der Waals surface area contributed by atoms with Crippen LogP contribution in [-0.2, 0) is 26.1 Å². The van der Waals surface area contributed by atoms with Gasteiger partial charge in [0.25, 0.3) is 0 Å². The maximum atomic E-state index is 10.3. The molecule has 0 amide bonds. The van der Waals surface area contributed by atoms with Crippen LogP contribution in [0.2, 0.25) is 0 Å². The summed E-state index contributed by atoms with van der Waals surface area (Å²) in [6, 6.07) is 22.4. The molecule has 0 radical (unpaired) electrons. The van der Waals surface area contributed by atoms with Crippen LogP contribution in [0.15, 0.2) is 72.9 Å². The van der Waals surface area contributed by atoms with E-state index in [2.05, 4.69) is 46.4 Å². The van der Waals surface area contributed by atoms with Gasteiger partial charge >= 0.3 is 0 Å². The Morgan fingerprint density at radius 3 is 2.35 bits per heavy atom. The minimum Gasteiger partial charge on any atom is -0.491 e. The van der Waals surface area contributed by atoms with Crippen LogP contribution in [0.3, 0.4) is 0 Å². The number of aryl methyl sites for hydroxylation is 1. The average molecular weight is 420 g/mol. The Hall–Kier alpha value is -2.73. The lowest BCUT2D eigenvalue weighted by Crippen LogP contribution is -2.32. The van der Waals surface area contributed by atoms with E-state index < -0.39 is 6.10 Å². The summed E-state index contributed by atoms with van der Waals surface area (Å²) >= 11 is 0. The Kier molecular flexibility index (Phi) is 9.03. The van der Waals surface area contributed by atoms with Gasteiger partial charge < -0.3 is 15.2 Å². The van der Waals surface area contributed by atoms with Crippen LogP contribution in [-0.4, -0.2) is 41.3 Å². The van der Waals surface area contributed by atoms with Crippen LogP contribution in [0.1, 0.15) is 29.3 Å². The standard InChI is InChI=1S/C26H33N3O2/c1-3-21-9-12-24(28-16-21)17-27-15-22-10-13-26(14-11-22)31-20-25(30)19-29(2)18-23-7-5-4-6-8-23/h4-14,16,25,27,30H,3,15,17-20H2,1-2H3/t25-/m0/s1. The van der Waals surface area contributed by atoms with Gasteiger partial charge in [0.2, 0.25) is 0 Å². The number of benzene rings is 2. The number of nitrogens with one attached hydrogen (secondary N) is 1. The maximum absolute atomic E-state index is 10.3. The van der Waals surface area contributed by atoms with Gasteiger partial charge in [0.05, 0.1) is 5.69 Å². The molecule has 2 N–H and O–H groups in total. The number of aromatic nitrogens is 1. The zero-order valence-corrected chi connectivity index (χ0v) is 18.5. The van der Waals surface area contributed by atoms with Gasteiger partial charge in [0.1, 0.15) is 18.5 Å². The fraction of sp³-hybridized carbons (Fsp3) is 0.346. The summed E-state index contributed by atoms with van der Waals surface area (Å²) in [5.74, 6) is 0.769.